The van der Waals surface area contributed by atoms with Crippen molar-refractivity contribution in [2.45, 2.75) is 38.6 Å². The Bertz CT molecular complexity index is 985. The third kappa shape index (κ3) is 4.46. The fraction of sp³-hybridized carbons (Fsp3) is 0.240. The van der Waals surface area contributed by atoms with Crippen LogP contribution in [0, 0.1) is 0 Å². The zero-order chi connectivity index (χ0) is 18.3. The lowest BCUT2D eigenvalue weighted by Gasteiger charge is -2.11. The molecule has 0 saturated heterocycles. The third-order valence-electron chi connectivity index (χ3n) is 5.24. The molecule has 27 heavy (non-hydrogen) atoms. The van der Waals surface area contributed by atoms with Crippen LogP contribution >= 0.6 is 0 Å². The van der Waals surface area contributed by atoms with Crippen molar-refractivity contribution in [1.82, 2.24) is 9.55 Å². The molecule has 136 valence electrons. The molecule has 1 heterocycles. The topological polar surface area (TPSA) is 17.8 Å². The Morgan fingerprint density at radius 1 is 0.630 bits per heavy atom. The average molecular weight is 354 g/mol. The van der Waals surface area contributed by atoms with Crippen LogP contribution in [0.4, 0.5) is 0 Å². The molecular weight excluding hydrogens is 328 g/mol. The van der Waals surface area contributed by atoms with Crippen molar-refractivity contribution in [3.8, 4) is 0 Å². The van der Waals surface area contributed by atoms with E-state index >= 15 is 0 Å². The Labute approximate surface area is 161 Å². The van der Waals surface area contributed by atoms with Crippen LogP contribution in [0.15, 0.2) is 85.2 Å². The van der Waals surface area contributed by atoms with Crippen molar-refractivity contribution in [2.75, 3.05) is 0 Å². The van der Waals surface area contributed by atoms with E-state index < -0.39 is 0 Å². The molecule has 0 saturated carbocycles. The first kappa shape index (κ1) is 17.5. The van der Waals surface area contributed by atoms with E-state index in [4.69, 9.17) is 0 Å². The number of imidazole rings is 1. The van der Waals surface area contributed by atoms with Crippen molar-refractivity contribution in [3.05, 3.63) is 102 Å². The first-order valence-electron chi connectivity index (χ1n) is 9.91. The summed E-state index contributed by atoms with van der Waals surface area (Å²) in [6, 6.07) is 28.0. The van der Waals surface area contributed by atoms with Gasteiger partial charge in [0, 0.05) is 6.54 Å². The lowest BCUT2D eigenvalue weighted by molar-refractivity contribution is 0.673. The molecule has 0 unspecified atom stereocenters. The lowest BCUT2D eigenvalue weighted by Crippen LogP contribution is -2.02. The minimum atomic E-state index is 0.890. The van der Waals surface area contributed by atoms with Crippen LogP contribution in [0.25, 0.3) is 11.0 Å². The predicted octanol–water partition coefficient (Wildman–Crippen LogP) is 6.04. The predicted molar refractivity (Wildman–Crippen MR) is 113 cm³/mol. The van der Waals surface area contributed by atoms with E-state index in [0.29, 0.717) is 0 Å². The highest BCUT2D eigenvalue weighted by molar-refractivity contribution is 5.75. The van der Waals surface area contributed by atoms with Gasteiger partial charge in [-0.05, 0) is 54.5 Å². The SMILES string of the molecule is c1ccc(CCCCCc2ccccc2Cn2cnc3ccccc32)cc1. The number of benzene rings is 3. The highest BCUT2D eigenvalue weighted by atomic mass is 15.0. The average Bonchev–Trinajstić information content (AvgIpc) is 3.13. The van der Waals surface area contributed by atoms with Crippen molar-refractivity contribution in [2.24, 2.45) is 0 Å². The number of unbranched alkanes of at least 4 members (excludes halogenated alkanes) is 2. The lowest BCUT2D eigenvalue weighted by atomic mass is 9.99. The minimum absolute atomic E-state index is 0.890. The maximum absolute atomic E-state index is 4.52. The van der Waals surface area contributed by atoms with E-state index in [9.17, 15) is 0 Å². The second kappa shape index (κ2) is 8.68. The summed E-state index contributed by atoms with van der Waals surface area (Å²) in [4.78, 5) is 4.52. The number of rotatable bonds is 8. The first-order chi connectivity index (χ1) is 13.4. The summed E-state index contributed by atoms with van der Waals surface area (Å²) in [5.74, 6) is 0. The maximum atomic E-state index is 4.52. The zero-order valence-corrected chi connectivity index (χ0v) is 15.7. The molecule has 3 aromatic carbocycles. The molecule has 0 fully saturated rings. The first-order valence-corrected chi connectivity index (χ1v) is 9.91. The van der Waals surface area contributed by atoms with E-state index in [1.807, 2.05) is 12.4 Å². The van der Waals surface area contributed by atoms with E-state index in [2.05, 4.69) is 82.3 Å². The molecule has 0 atom stereocenters. The van der Waals surface area contributed by atoms with Gasteiger partial charge in [-0.25, -0.2) is 4.98 Å². The van der Waals surface area contributed by atoms with Gasteiger partial charge in [-0.2, -0.15) is 0 Å². The van der Waals surface area contributed by atoms with Gasteiger partial charge in [0.15, 0.2) is 0 Å². The van der Waals surface area contributed by atoms with Gasteiger partial charge in [0.05, 0.1) is 17.4 Å². The Kier molecular flexibility index (Phi) is 5.64. The molecule has 1 aromatic heterocycles. The van der Waals surface area contributed by atoms with Gasteiger partial charge in [-0.15, -0.1) is 0 Å². The normalized spacial score (nSPS) is 11.1. The van der Waals surface area contributed by atoms with Crippen LogP contribution in [-0.2, 0) is 19.4 Å². The van der Waals surface area contributed by atoms with E-state index in [-0.39, 0.29) is 0 Å². The van der Waals surface area contributed by atoms with E-state index in [1.165, 1.54) is 47.9 Å². The van der Waals surface area contributed by atoms with Crippen LogP contribution in [-0.4, -0.2) is 9.55 Å². The standard InChI is InChI=1S/C25H26N2/c1-3-11-21(12-4-1)13-5-2-6-14-22-15-7-8-16-23(22)19-27-20-26-24-17-9-10-18-25(24)27/h1,3-4,7-12,15-18,20H,2,5-6,13-14,19H2. The molecule has 2 nitrogen and oxygen atoms in total. The molecule has 0 bridgehead atoms. The van der Waals surface area contributed by atoms with E-state index in [0.717, 1.165) is 18.5 Å². The molecule has 0 aliphatic heterocycles. The van der Waals surface area contributed by atoms with Gasteiger partial charge in [-0.1, -0.05) is 73.2 Å². The summed E-state index contributed by atoms with van der Waals surface area (Å²) in [6.45, 7) is 0.890. The molecule has 0 radical (unpaired) electrons. The molecule has 0 aliphatic carbocycles. The van der Waals surface area contributed by atoms with Crippen LogP contribution in [0.3, 0.4) is 0 Å². The molecule has 4 rings (SSSR count). The molecule has 0 amide bonds. The smallest absolute Gasteiger partial charge is 0.0961 e. The Hall–Kier alpha value is -2.87. The summed E-state index contributed by atoms with van der Waals surface area (Å²) in [7, 11) is 0. The Balaban J connectivity index is 1.35. The van der Waals surface area contributed by atoms with Gasteiger partial charge in [0.1, 0.15) is 0 Å². The number of nitrogens with zero attached hydrogens (tertiary/aromatic N) is 2. The van der Waals surface area contributed by atoms with Crippen LogP contribution in [0.1, 0.15) is 36.0 Å². The quantitative estimate of drug-likeness (QED) is 0.353. The molecule has 0 spiro atoms. The fourth-order valence-corrected chi connectivity index (χ4v) is 3.74. The fourth-order valence-electron chi connectivity index (χ4n) is 3.74. The Morgan fingerprint density at radius 2 is 1.33 bits per heavy atom. The van der Waals surface area contributed by atoms with Crippen LogP contribution in [0.2, 0.25) is 0 Å². The third-order valence-corrected chi connectivity index (χ3v) is 5.24. The number of aryl methyl sites for hydroxylation is 2. The summed E-state index contributed by atoms with van der Waals surface area (Å²) in [6.07, 6.45) is 8.08. The highest BCUT2D eigenvalue weighted by Crippen LogP contribution is 2.18. The van der Waals surface area contributed by atoms with Gasteiger partial charge >= 0.3 is 0 Å². The summed E-state index contributed by atoms with van der Waals surface area (Å²) < 4.78 is 2.25. The number of fused-ring (bicyclic) bond motifs is 1. The monoisotopic (exact) mass is 354 g/mol. The summed E-state index contributed by atoms with van der Waals surface area (Å²) >= 11 is 0. The number of hydrogen-bond donors (Lipinski definition) is 0. The van der Waals surface area contributed by atoms with Crippen molar-refractivity contribution in [3.63, 3.8) is 0 Å². The number of hydrogen-bond acceptors (Lipinski definition) is 1. The largest absolute Gasteiger partial charge is 0.326 e. The van der Waals surface area contributed by atoms with Crippen molar-refractivity contribution < 1.29 is 0 Å². The summed E-state index contributed by atoms with van der Waals surface area (Å²) in [5, 5.41) is 0. The molecule has 0 aliphatic rings. The minimum Gasteiger partial charge on any atom is -0.326 e. The second-order valence-electron chi connectivity index (χ2n) is 7.18. The molecule has 4 aromatic rings. The van der Waals surface area contributed by atoms with E-state index in [1.54, 1.807) is 0 Å². The Morgan fingerprint density at radius 3 is 2.22 bits per heavy atom. The van der Waals surface area contributed by atoms with Gasteiger partial charge in [0.25, 0.3) is 0 Å². The molecule has 0 N–H and O–H groups in total. The molecular formula is C25H26N2. The highest BCUT2D eigenvalue weighted by Gasteiger charge is 2.06. The maximum Gasteiger partial charge on any atom is 0.0961 e. The number of para-hydroxylation sites is 2. The van der Waals surface area contributed by atoms with Gasteiger partial charge < -0.3 is 4.57 Å². The van der Waals surface area contributed by atoms with Crippen LogP contribution in [0.5, 0.6) is 0 Å². The number of aromatic nitrogens is 2. The summed E-state index contributed by atoms with van der Waals surface area (Å²) in [5.41, 5.74) is 6.59. The van der Waals surface area contributed by atoms with Crippen LogP contribution < -0.4 is 0 Å². The van der Waals surface area contributed by atoms with Gasteiger partial charge in [-0.3, -0.25) is 0 Å². The second-order valence-corrected chi connectivity index (χ2v) is 7.18. The van der Waals surface area contributed by atoms with Crippen molar-refractivity contribution in [1.29, 1.82) is 0 Å². The van der Waals surface area contributed by atoms with Gasteiger partial charge in [0.2, 0.25) is 0 Å². The zero-order valence-electron chi connectivity index (χ0n) is 15.7. The molecule has 2 heteroatoms. The van der Waals surface area contributed by atoms with Crippen molar-refractivity contribution >= 4 is 11.0 Å².